The first-order chi connectivity index (χ1) is 11.4. The maximum absolute atomic E-state index is 12.3. The number of nitrogens with zero attached hydrogens (tertiary/aromatic N) is 2. The summed E-state index contributed by atoms with van der Waals surface area (Å²) in [5.41, 5.74) is 0.858. The number of aryl methyl sites for hydroxylation is 1. The summed E-state index contributed by atoms with van der Waals surface area (Å²) in [4.78, 5) is 25.9. The molecular weight excluding hydrogens is 314 g/mol. The molecule has 0 aliphatic carbocycles. The van der Waals surface area contributed by atoms with Crippen LogP contribution in [0.15, 0.2) is 4.52 Å². The van der Waals surface area contributed by atoms with Crippen molar-refractivity contribution in [2.24, 2.45) is 5.92 Å². The number of carbonyl (C=O) groups is 2. The van der Waals surface area contributed by atoms with Gasteiger partial charge in [0.1, 0.15) is 12.4 Å². The van der Waals surface area contributed by atoms with E-state index in [2.05, 4.69) is 24.3 Å². The Kier molecular flexibility index (Phi) is 6.33. The first-order valence-corrected chi connectivity index (χ1v) is 8.04. The lowest BCUT2D eigenvalue weighted by atomic mass is 10.1. The Morgan fingerprint density at radius 2 is 2.25 bits per heavy atom. The zero-order valence-electron chi connectivity index (χ0n) is 14.6. The molecule has 2 rings (SSSR count). The number of hydrogen-bond donors (Lipinski definition) is 1. The molecule has 0 radical (unpaired) electrons. The lowest BCUT2D eigenvalue weighted by Crippen LogP contribution is -2.51. The van der Waals surface area contributed by atoms with E-state index in [1.54, 1.807) is 18.9 Å². The van der Waals surface area contributed by atoms with Crippen molar-refractivity contribution in [3.05, 3.63) is 17.0 Å². The predicted octanol–water partition coefficient (Wildman–Crippen LogP) is 0.743. The third kappa shape index (κ3) is 4.55. The third-order valence-corrected chi connectivity index (χ3v) is 3.78. The van der Waals surface area contributed by atoms with Crippen LogP contribution in [0.25, 0.3) is 0 Å². The summed E-state index contributed by atoms with van der Waals surface area (Å²) >= 11 is 0. The summed E-state index contributed by atoms with van der Waals surface area (Å²) in [6, 6.07) is 0. The van der Waals surface area contributed by atoms with E-state index in [9.17, 15) is 9.59 Å². The standard InChI is InChI=1S/C16H25N3O5/c1-10(2)6-19-7-12(23-9-14(19)20)5-17-16(21)15-13(8-22-4)11(3)24-18-15/h10,12H,5-9H2,1-4H3,(H,17,21). The van der Waals surface area contributed by atoms with E-state index in [1.807, 2.05) is 0 Å². The smallest absolute Gasteiger partial charge is 0.273 e. The molecule has 0 saturated carbocycles. The number of aromatic nitrogens is 1. The molecule has 1 atom stereocenters. The summed E-state index contributed by atoms with van der Waals surface area (Å²) in [7, 11) is 1.55. The first-order valence-electron chi connectivity index (χ1n) is 8.04. The Labute approximate surface area is 141 Å². The van der Waals surface area contributed by atoms with E-state index >= 15 is 0 Å². The number of carbonyl (C=O) groups excluding carboxylic acids is 2. The molecular formula is C16H25N3O5. The first kappa shape index (κ1) is 18.4. The lowest BCUT2D eigenvalue weighted by molar-refractivity contribution is -0.149. The molecule has 1 saturated heterocycles. The van der Waals surface area contributed by atoms with Gasteiger partial charge in [0, 0.05) is 26.7 Å². The average Bonchev–Trinajstić information content (AvgIpc) is 2.89. The van der Waals surface area contributed by atoms with Crippen molar-refractivity contribution in [2.45, 2.75) is 33.5 Å². The zero-order chi connectivity index (χ0) is 17.7. The predicted molar refractivity (Wildman–Crippen MR) is 85.4 cm³/mol. The van der Waals surface area contributed by atoms with E-state index in [0.717, 1.165) is 0 Å². The fourth-order valence-electron chi connectivity index (χ4n) is 2.60. The molecule has 0 spiro atoms. The van der Waals surface area contributed by atoms with Crippen LogP contribution in [-0.2, 0) is 20.9 Å². The van der Waals surface area contributed by atoms with Crippen LogP contribution in [0.1, 0.15) is 35.7 Å². The number of ether oxygens (including phenoxy) is 2. The molecule has 0 aromatic carbocycles. The Balaban J connectivity index is 1.91. The van der Waals surface area contributed by atoms with E-state index < -0.39 is 0 Å². The van der Waals surface area contributed by atoms with Crippen LogP contribution in [0.3, 0.4) is 0 Å². The van der Waals surface area contributed by atoms with Crippen LogP contribution in [0.2, 0.25) is 0 Å². The van der Waals surface area contributed by atoms with E-state index in [4.69, 9.17) is 14.0 Å². The number of hydrogen-bond acceptors (Lipinski definition) is 6. The molecule has 1 aliphatic rings. The minimum Gasteiger partial charge on any atom is -0.380 e. The van der Waals surface area contributed by atoms with Crippen LogP contribution >= 0.6 is 0 Å². The second-order valence-corrected chi connectivity index (χ2v) is 6.33. The van der Waals surface area contributed by atoms with Crippen molar-refractivity contribution in [1.82, 2.24) is 15.4 Å². The average molecular weight is 339 g/mol. The maximum Gasteiger partial charge on any atom is 0.273 e. The van der Waals surface area contributed by atoms with Crippen LogP contribution in [0.4, 0.5) is 0 Å². The Morgan fingerprint density at radius 3 is 2.92 bits per heavy atom. The quantitative estimate of drug-likeness (QED) is 0.787. The fraction of sp³-hybridized carbons (Fsp3) is 0.688. The Morgan fingerprint density at radius 1 is 1.50 bits per heavy atom. The molecule has 8 nitrogen and oxygen atoms in total. The largest absolute Gasteiger partial charge is 0.380 e. The van der Waals surface area contributed by atoms with Crippen molar-refractivity contribution in [1.29, 1.82) is 0 Å². The highest BCUT2D eigenvalue weighted by Crippen LogP contribution is 2.14. The van der Waals surface area contributed by atoms with Gasteiger partial charge >= 0.3 is 0 Å². The van der Waals surface area contributed by atoms with Gasteiger partial charge in [-0.3, -0.25) is 9.59 Å². The van der Waals surface area contributed by atoms with Gasteiger partial charge in [-0.2, -0.15) is 0 Å². The molecule has 1 aromatic rings. The minimum absolute atomic E-state index is 0.0132. The van der Waals surface area contributed by atoms with Gasteiger partial charge in [0.15, 0.2) is 5.69 Å². The zero-order valence-corrected chi connectivity index (χ0v) is 14.6. The highest BCUT2D eigenvalue weighted by Gasteiger charge is 2.28. The van der Waals surface area contributed by atoms with Crippen LogP contribution < -0.4 is 5.32 Å². The second-order valence-electron chi connectivity index (χ2n) is 6.33. The molecule has 8 heteroatoms. The second kappa shape index (κ2) is 8.25. The molecule has 1 aliphatic heterocycles. The van der Waals surface area contributed by atoms with Gasteiger partial charge in [-0.15, -0.1) is 0 Å². The SMILES string of the molecule is COCc1c(C(=O)NCC2CN(CC(C)C)C(=O)CO2)noc1C. The van der Waals surface area contributed by atoms with Crippen molar-refractivity contribution in [2.75, 3.05) is 33.4 Å². The van der Waals surface area contributed by atoms with Crippen LogP contribution in [0, 0.1) is 12.8 Å². The minimum atomic E-state index is -0.338. The molecule has 2 heterocycles. The Hall–Kier alpha value is -1.93. The molecule has 2 amide bonds. The number of morpholine rings is 1. The topological polar surface area (TPSA) is 93.9 Å². The molecule has 1 aromatic heterocycles. The maximum atomic E-state index is 12.3. The number of nitrogens with one attached hydrogen (secondary N) is 1. The van der Waals surface area contributed by atoms with Gasteiger partial charge in [-0.05, 0) is 12.8 Å². The van der Waals surface area contributed by atoms with Crippen LogP contribution in [0.5, 0.6) is 0 Å². The van der Waals surface area contributed by atoms with Crippen molar-refractivity contribution in [3.8, 4) is 0 Å². The van der Waals surface area contributed by atoms with E-state index in [-0.39, 0.29) is 36.8 Å². The highest BCUT2D eigenvalue weighted by molar-refractivity contribution is 5.93. The summed E-state index contributed by atoms with van der Waals surface area (Å²) in [6.07, 6.45) is -0.232. The normalized spacial score (nSPS) is 18.3. The summed E-state index contributed by atoms with van der Waals surface area (Å²) in [6.45, 7) is 7.62. The van der Waals surface area contributed by atoms with Gasteiger partial charge in [0.25, 0.3) is 5.91 Å². The molecule has 1 unspecified atom stereocenters. The Bertz CT molecular complexity index is 584. The van der Waals surface area contributed by atoms with Crippen molar-refractivity contribution < 1.29 is 23.6 Å². The molecule has 24 heavy (non-hydrogen) atoms. The number of methoxy groups -OCH3 is 1. The van der Waals surface area contributed by atoms with Crippen molar-refractivity contribution in [3.63, 3.8) is 0 Å². The highest BCUT2D eigenvalue weighted by atomic mass is 16.5. The molecule has 1 N–H and O–H groups in total. The lowest BCUT2D eigenvalue weighted by Gasteiger charge is -2.33. The van der Waals surface area contributed by atoms with Gasteiger partial charge < -0.3 is 24.2 Å². The summed E-state index contributed by atoms with van der Waals surface area (Å²) in [5.74, 6) is 0.595. The van der Waals surface area contributed by atoms with E-state index in [0.29, 0.717) is 36.9 Å². The molecule has 0 bridgehead atoms. The van der Waals surface area contributed by atoms with Crippen LogP contribution in [-0.4, -0.2) is 61.3 Å². The monoisotopic (exact) mass is 339 g/mol. The van der Waals surface area contributed by atoms with Gasteiger partial charge in [0.2, 0.25) is 5.91 Å². The van der Waals surface area contributed by atoms with Crippen molar-refractivity contribution >= 4 is 11.8 Å². The molecule has 1 fully saturated rings. The third-order valence-electron chi connectivity index (χ3n) is 3.78. The van der Waals surface area contributed by atoms with Gasteiger partial charge in [-0.25, -0.2) is 0 Å². The number of rotatable bonds is 7. The number of amides is 2. The van der Waals surface area contributed by atoms with Gasteiger partial charge in [0.05, 0.1) is 18.3 Å². The van der Waals surface area contributed by atoms with Gasteiger partial charge in [-0.1, -0.05) is 19.0 Å². The fourth-order valence-corrected chi connectivity index (χ4v) is 2.60. The van der Waals surface area contributed by atoms with E-state index in [1.165, 1.54) is 0 Å². The molecule has 134 valence electrons. The summed E-state index contributed by atoms with van der Waals surface area (Å²) < 4.78 is 15.6. The summed E-state index contributed by atoms with van der Waals surface area (Å²) in [5, 5.41) is 6.58.